The van der Waals surface area contributed by atoms with E-state index in [4.69, 9.17) is 4.74 Å². The predicted octanol–water partition coefficient (Wildman–Crippen LogP) is 2.52. The van der Waals surface area contributed by atoms with Crippen molar-refractivity contribution in [1.82, 2.24) is 4.90 Å². The summed E-state index contributed by atoms with van der Waals surface area (Å²) in [7, 11) is 2.22. The Hall–Kier alpha value is 0.230. The highest BCUT2D eigenvalue weighted by molar-refractivity contribution is 7.99. The molecular weight excluding hydrogens is 258 g/mol. The minimum absolute atomic E-state index is 0.0980. The lowest BCUT2D eigenvalue weighted by atomic mass is 10.1. The van der Waals surface area contributed by atoms with E-state index < -0.39 is 0 Å². The molecule has 4 atom stereocenters. The van der Waals surface area contributed by atoms with Crippen LogP contribution < -0.4 is 0 Å². The van der Waals surface area contributed by atoms with Crippen molar-refractivity contribution in [2.45, 2.75) is 69.0 Å². The maximum absolute atomic E-state index is 9.76. The topological polar surface area (TPSA) is 32.7 Å². The number of rotatable bonds is 6. The van der Waals surface area contributed by atoms with Crippen LogP contribution in [0, 0.1) is 0 Å². The van der Waals surface area contributed by atoms with Gasteiger partial charge in [-0.05, 0) is 64.8 Å². The highest BCUT2D eigenvalue weighted by Crippen LogP contribution is 2.26. The van der Waals surface area contributed by atoms with Gasteiger partial charge in [0.2, 0.25) is 0 Å². The Balaban J connectivity index is 1.57. The zero-order valence-electron chi connectivity index (χ0n) is 12.4. The van der Waals surface area contributed by atoms with E-state index >= 15 is 0 Å². The lowest BCUT2D eigenvalue weighted by molar-refractivity contribution is -0.0554. The predicted molar refractivity (Wildman–Crippen MR) is 81.8 cm³/mol. The monoisotopic (exact) mass is 287 g/mol. The Bertz CT molecular complexity index is 265. The van der Waals surface area contributed by atoms with Crippen molar-refractivity contribution in [2.75, 3.05) is 25.9 Å². The van der Waals surface area contributed by atoms with Crippen LogP contribution in [0.4, 0.5) is 0 Å². The minimum atomic E-state index is -0.220. The summed E-state index contributed by atoms with van der Waals surface area (Å²) in [5.41, 5.74) is 0. The van der Waals surface area contributed by atoms with Gasteiger partial charge in [0.1, 0.15) is 0 Å². The van der Waals surface area contributed by atoms with Crippen LogP contribution in [0.15, 0.2) is 0 Å². The molecule has 1 N–H and O–H groups in total. The summed E-state index contributed by atoms with van der Waals surface area (Å²) in [5, 5.41) is 10.6. The van der Waals surface area contributed by atoms with Crippen LogP contribution in [0.5, 0.6) is 0 Å². The Morgan fingerprint density at radius 3 is 2.84 bits per heavy atom. The quantitative estimate of drug-likeness (QED) is 0.814. The van der Waals surface area contributed by atoms with Gasteiger partial charge in [-0.2, -0.15) is 11.8 Å². The first-order valence-corrected chi connectivity index (χ1v) is 8.83. The summed E-state index contributed by atoms with van der Waals surface area (Å²) >= 11 is 2.10. The molecule has 1 saturated carbocycles. The number of thioether (sulfide) groups is 1. The van der Waals surface area contributed by atoms with E-state index in [0.717, 1.165) is 30.9 Å². The maximum atomic E-state index is 9.76. The molecule has 0 aromatic heterocycles. The Morgan fingerprint density at radius 1 is 1.32 bits per heavy atom. The molecular formula is C15H29NO2S. The molecule has 0 bridgehead atoms. The standard InChI is InChI=1S/C15H29NO2S/c1-12(18-15-7-3-6-14(15)17)8-10-19-13-5-4-9-16(2)11-13/h12-15,17H,3-11H2,1-2H3/t12?,13-,14+,15-/m0/s1. The molecule has 0 amide bonds. The molecule has 1 saturated heterocycles. The van der Waals surface area contributed by atoms with Crippen molar-refractivity contribution in [3.8, 4) is 0 Å². The van der Waals surface area contributed by atoms with Crippen LogP contribution in [0.25, 0.3) is 0 Å². The van der Waals surface area contributed by atoms with E-state index in [1.165, 1.54) is 31.7 Å². The number of ether oxygens (including phenoxy) is 1. The Kier molecular flexibility index (Phi) is 6.46. The number of aliphatic hydroxyl groups is 1. The SMILES string of the molecule is CC(CCS[C@H]1CCCN(C)C1)O[C@H]1CCC[C@H]1O. The third-order valence-electron chi connectivity index (χ3n) is 4.28. The second-order valence-electron chi connectivity index (χ2n) is 6.17. The third-order valence-corrected chi connectivity index (χ3v) is 5.61. The molecule has 2 fully saturated rings. The first-order chi connectivity index (χ1) is 9.15. The van der Waals surface area contributed by atoms with Gasteiger partial charge in [0.05, 0.1) is 18.3 Å². The average Bonchev–Trinajstić information content (AvgIpc) is 2.75. The number of nitrogens with zero attached hydrogens (tertiary/aromatic N) is 1. The van der Waals surface area contributed by atoms with Crippen LogP contribution in [0.1, 0.15) is 45.4 Å². The van der Waals surface area contributed by atoms with E-state index in [-0.39, 0.29) is 18.3 Å². The lowest BCUT2D eigenvalue weighted by Gasteiger charge is -2.29. The van der Waals surface area contributed by atoms with Gasteiger partial charge in [0, 0.05) is 11.8 Å². The molecule has 19 heavy (non-hydrogen) atoms. The number of aliphatic hydroxyl groups excluding tert-OH is 1. The van der Waals surface area contributed by atoms with Gasteiger partial charge in [-0.15, -0.1) is 0 Å². The fraction of sp³-hybridized carbons (Fsp3) is 1.00. The van der Waals surface area contributed by atoms with E-state index in [1.807, 2.05) is 0 Å². The number of piperidine rings is 1. The van der Waals surface area contributed by atoms with Crippen molar-refractivity contribution in [3.05, 3.63) is 0 Å². The van der Waals surface area contributed by atoms with Crippen LogP contribution in [-0.4, -0.2) is 59.5 Å². The number of hydrogen-bond acceptors (Lipinski definition) is 4. The van der Waals surface area contributed by atoms with Crippen molar-refractivity contribution < 1.29 is 9.84 Å². The van der Waals surface area contributed by atoms with E-state index in [1.54, 1.807) is 0 Å². The summed E-state index contributed by atoms with van der Waals surface area (Å²) in [6, 6.07) is 0. The molecule has 0 aromatic rings. The molecule has 1 aliphatic heterocycles. The molecule has 2 rings (SSSR count). The molecule has 1 aliphatic carbocycles. The largest absolute Gasteiger partial charge is 0.390 e. The van der Waals surface area contributed by atoms with Gasteiger partial charge in [0.15, 0.2) is 0 Å². The van der Waals surface area contributed by atoms with Crippen LogP contribution in [0.3, 0.4) is 0 Å². The second-order valence-corrected chi connectivity index (χ2v) is 7.58. The van der Waals surface area contributed by atoms with Gasteiger partial charge in [-0.3, -0.25) is 0 Å². The Labute approximate surface area is 122 Å². The third kappa shape index (κ3) is 5.25. The van der Waals surface area contributed by atoms with Gasteiger partial charge >= 0.3 is 0 Å². The van der Waals surface area contributed by atoms with Crippen molar-refractivity contribution >= 4 is 11.8 Å². The zero-order valence-corrected chi connectivity index (χ0v) is 13.2. The van der Waals surface area contributed by atoms with E-state index in [9.17, 15) is 5.11 Å². The summed E-state index contributed by atoms with van der Waals surface area (Å²) in [6.45, 7) is 4.65. The van der Waals surface area contributed by atoms with E-state index in [2.05, 4.69) is 30.6 Å². The summed E-state index contributed by atoms with van der Waals surface area (Å²) in [4.78, 5) is 2.44. The van der Waals surface area contributed by atoms with Gasteiger partial charge in [-0.1, -0.05) is 0 Å². The number of likely N-dealkylation sites (tertiary alicyclic amines) is 1. The molecule has 0 spiro atoms. The lowest BCUT2D eigenvalue weighted by Crippen LogP contribution is -2.34. The van der Waals surface area contributed by atoms with Crippen molar-refractivity contribution in [2.24, 2.45) is 0 Å². The van der Waals surface area contributed by atoms with Crippen LogP contribution >= 0.6 is 11.8 Å². The van der Waals surface area contributed by atoms with Crippen molar-refractivity contribution in [1.29, 1.82) is 0 Å². The molecule has 2 aliphatic rings. The highest BCUT2D eigenvalue weighted by atomic mass is 32.2. The van der Waals surface area contributed by atoms with Crippen LogP contribution in [0.2, 0.25) is 0 Å². The molecule has 1 heterocycles. The molecule has 0 radical (unpaired) electrons. The minimum Gasteiger partial charge on any atom is -0.390 e. The average molecular weight is 287 g/mol. The molecule has 1 unspecified atom stereocenters. The maximum Gasteiger partial charge on any atom is 0.0837 e. The molecule has 0 aromatic carbocycles. The first-order valence-electron chi connectivity index (χ1n) is 7.79. The zero-order chi connectivity index (χ0) is 13.7. The Morgan fingerprint density at radius 2 is 2.16 bits per heavy atom. The van der Waals surface area contributed by atoms with Crippen LogP contribution in [-0.2, 0) is 4.74 Å². The smallest absolute Gasteiger partial charge is 0.0837 e. The highest BCUT2D eigenvalue weighted by Gasteiger charge is 2.27. The molecule has 112 valence electrons. The summed E-state index contributed by atoms with van der Waals surface area (Å²) in [6.07, 6.45) is 7.04. The molecule has 4 heteroatoms. The number of hydrogen-bond donors (Lipinski definition) is 1. The van der Waals surface area contributed by atoms with E-state index in [0.29, 0.717) is 0 Å². The van der Waals surface area contributed by atoms with Gasteiger partial charge in [-0.25, -0.2) is 0 Å². The summed E-state index contributed by atoms with van der Waals surface area (Å²) < 4.78 is 5.96. The second kappa shape index (κ2) is 7.87. The normalized spacial score (nSPS) is 34.6. The van der Waals surface area contributed by atoms with Gasteiger partial charge in [0.25, 0.3) is 0 Å². The van der Waals surface area contributed by atoms with Gasteiger partial charge < -0.3 is 14.7 Å². The fourth-order valence-corrected chi connectivity index (χ4v) is 4.58. The fourth-order valence-electron chi connectivity index (χ4n) is 3.09. The summed E-state index contributed by atoms with van der Waals surface area (Å²) in [5.74, 6) is 1.18. The first kappa shape index (κ1) is 15.6. The van der Waals surface area contributed by atoms with Crippen molar-refractivity contribution in [3.63, 3.8) is 0 Å². The molecule has 3 nitrogen and oxygen atoms in total.